The minimum atomic E-state index is -0.227. The van der Waals surface area contributed by atoms with Crippen molar-refractivity contribution < 1.29 is 9.53 Å². The number of amides is 1. The van der Waals surface area contributed by atoms with E-state index in [0.29, 0.717) is 22.3 Å². The van der Waals surface area contributed by atoms with Crippen LogP contribution in [0.1, 0.15) is 16.8 Å². The highest BCUT2D eigenvalue weighted by Gasteiger charge is 2.07. The number of rotatable bonds is 6. The number of hydrogen-bond donors (Lipinski definition) is 2. The van der Waals surface area contributed by atoms with Crippen LogP contribution in [-0.2, 0) is 4.79 Å². The maximum absolute atomic E-state index is 12.1. The van der Waals surface area contributed by atoms with Crippen LogP contribution in [0.3, 0.4) is 0 Å². The molecule has 1 heterocycles. The van der Waals surface area contributed by atoms with Gasteiger partial charge in [0.25, 0.3) is 5.56 Å². The van der Waals surface area contributed by atoms with Gasteiger partial charge in [-0.1, -0.05) is 17.8 Å². The fourth-order valence-electron chi connectivity index (χ4n) is 2.47. The van der Waals surface area contributed by atoms with Gasteiger partial charge in [-0.05, 0) is 68.3 Å². The molecule has 0 unspecified atom stereocenters. The van der Waals surface area contributed by atoms with E-state index in [2.05, 4.69) is 22.2 Å². The van der Waals surface area contributed by atoms with E-state index in [4.69, 9.17) is 4.74 Å². The Morgan fingerprint density at radius 1 is 1.04 bits per heavy atom. The number of aryl methyl sites for hydroxylation is 3. The fourth-order valence-corrected chi connectivity index (χ4v) is 3.19. The highest BCUT2D eigenvalue weighted by Crippen LogP contribution is 2.25. The molecule has 28 heavy (non-hydrogen) atoms. The third-order valence-electron chi connectivity index (χ3n) is 4.04. The Hall–Kier alpha value is -3.06. The predicted octanol–water partition coefficient (Wildman–Crippen LogP) is 4.22. The van der Waals surface area contributed by atoms with Crippen LogP contribution in [0.4, 0.5) is 5.69 Å². The molecule has 2 aromatic carbocycles. The van der Waals surface area contributed by atoms with E-state index in [1.807, 2.05) is 25.1 Å². The van der Waals surface area contributed by atoms with E-state index < -0.39 is 0 Å². The van der Waals surface area contributed by atoms with Crippen molar-refractivity contribution in [2.24, 2.45) is 0 Å². The van der Waals surface area contributed by atoms with Gasteiger partial charge >= 0.3 is 0 Å². The van der Waals surface area contributed by atoms with Gasteiger partial charge in [0.2, 0.25) is 5.91 Å². The number of aromatic nitrogens is 2. The molecule has 0 atom stereocenters. The van der Waals surface area contributed by atoms with E-state index in [1.54, 1.807) is 31.2 Å². The quantitative estimate of drug-likeness (QED) is 0.482. The smallest absolute Gasteiger partial charge is 0.251 e. The third kappa shape index (κ3) is 5.47. The second-order valence-electron chi connectivity index (χ2n) is 6.40. The summed E-state index contributed by atoms with van der Waals surface area (Å²) in [5, 5.41) is 3.24. The first-order valence-corrected chi connectivity index (χ1v) is 9.73. The van der Waals surface area contributed by atoms with Crippen molar-refractivity contribution in [1.29, 1.82) is 0 Å². The third-order valence-corrected chi connectivity index (χ3v) is 4.91. The summed E-state index contributed by atoms with van der Waals surface area (Å²) in [6.07, 6.45) is 0. The number of anilines is 1. The number of aromatic amines is 1. The number of thioether (sulfide) groups is 1. The minimum Gasteiger partial charge on any atom is -0.457 e. The molecule has 6 nitrogen and oxygen atoms in total. The summed E-state index contributed by atoms with van der Waals surface area (Å²) >= 11 is 1.18. The van der Waals surface area contributed by atoms with Crippen molar-refractivity contribution in [3.8, 4) is 11.5 Å². The minimum absolute atomic E-state index is 0.146. The first-order chi connectivity index (χ1) is 13.4. The standard InChI is InChI=1S/C21H21N3O3S/c1-13-4-7-18(10-14(13)2)27-17-8-5-16(6-9-17)23-20(26)12-28-21-22-15(3)11-19(25)24-21/h4-11H,12H2,1-3H3,(H,23,26)(H,22,24,25). The molecule has 1 amide bonds. The van der Waals surface area contributed by atoms with Crippen LogP contribution in [0.2, 0.25) is 0 Å². The molecular formula is C21H21N3O3S. The van der Waals surface area contributed by atoms with Gasteiger partial charge in [-0.25, -0.2) is 4.98 Å². The summed E-state index contributed by atoms with van der Waals surface area (Å²) in [5.74, 6) is 1.43. The van der Waals surface area contributed by atoms with Gasteiger partial charge < -0.3 is 15.0 Å². The molecule has 0 aliphatic heterocycles. The van der Waals surface area contributed by atoms with Crippen LogP contribution >= 0.6 is 11.8 Å². The Kier molecular flexibility index (Phi) is 6.16. The van der Waals surface area contributed by atoms with Gasteiger partial charge in [0.05, 0.1) is 5.75 Å². The number of benzene rings is 2. The van der Waals surface area contributed by atoms with E-state index in [-0.39, 0.29) is 17.2 Å². The maximum Gasteiger partial charge on any atom is 0.251 e. The lowest BCUT2D eigenvalue weighted by Crippen LogP contribution is -2.15. The van der Waals surface area contributed by atoms with Crippen molar-refractivity contribution in [3.63, 3.8) is 0 Å². The molecule has 0 aliphatic rings. The van der Waals surface area contributed by atoms with E-state index in [9.17, 15) is 9.59 Å². The van der Waals surface area contributed by atoms with Crippen LogP contribution in [-0.4, -0.2) is 21.6 Å². The zero-order valence-corrected chi connectivity index (χ0v) is 16.7. The van der Waals surface area contributed by atoms with Crippen molar-refractivity contribution >= 4 is 23.4 Å². The molecule has 7 heteroatoms. The van der Waals surface area contributed by atoms with Crippen molar-refractivity contribution in [2.75, 3.05) is 11.1 Å². The average Bonchev–Trinajstić information content (AvgIpc) is 2.64. The number of hydrogen-bond acceptors (Lipinski definition) is 5. The van der Waals surface area contributed by atoms with Crippen LogP contribution in [0.5, 0.6) is 11.5 Å². The number of nitrogens with zero attached hydrogens (tertiary/aromatic N) is 1. The van der Waals surface area contributed by atoms with Gasteiger partial charge in [0, 0.05) is 17.4 Å². The van der Waals surface area contributed by atoms with Crippen molar-refractivity contribution in [1.82, 2.24) is 9.97 Å². The number of H-pyrrole nitrogens is 1. The lowest BCUT2D eigenvalue weighted by molar-refractivity contribution is -0.113. The summed E-state index contributed by atoms with van der Waals surface area (Å²) in [5.41, 5.74) is 3.45. The highest BCUT2D eigenvalue weighted by molar-refractivity contribution is 7.99. The molecule has 3 rings (SSSR count). The first kappa shape index (κ1) is 19.7. The Labute approximate surface area is 167 Å². The molecule has 144 valence electrons. The molecule has 2 N–H and O–H groups in total. The Morgan fingerprint density at radius 2 is 1.75 bits per heavy atom. The molecule has 0 bridgehead atoms. The molecule has 0 radical (unpaired) electrons. The van der Waals surface area contributed by atoms with Crippen LogP contribution in [0.15, 0.2) is 58.5 Å². The van der Waals surface area contributed by atoms with Gasteiger partial charge in [-0.3, -0.25) is 9.59 Å². The second kappa shape index (κ2) is 8.75. The van der Waals surface area contributed by atoms with Gasteiger partial charge in [0.1, 0.15) is 11.5 Å². The van der Waals surface area contributed by atoms with Gasteiger partial charge in [-0.15, -0.1) is 0 Å². The van der Waals surface area contributed by atoms with Crippen LogP contribution in [0.25, 0.3) is 0 Å². The molecule has 0 fully saturated rings. The topological polar surface area (TPSA) is 84.1 Å². The first-order valence-electron chi connectivity index (χ1n) is 8.75. The normalized spacial score (nSPS) is 10.5. The Morgan fingerprint density at radius 3 is 2.43 bits per heavy atom. The number of nitrogens with one attached hydrogen (secondary N) is 2. The number of carbonyl (C=O) groups is 1. The van der Waals surface area contributed by atoms with E-state index in [1.165, 1.54) is 29.0 Å². The molecule has 0 saturated carbocycles. The van der Waals surface area contributed by atoms with Crippen LogP contribution in [0, 0.1) is 20.8 Å². The molecule has 0 spiro atoms. The molecular weight excluding hydrogens is 374 g/mol. The Balaban J connectivity index is 1.55. The predicted molar refractivity (Wildman–Crippen MR) is 111 cm³/mol. The Bertz CT molecular complexity index is 1050. The zero-order chi connectivity index (χ0) is 20.1. The number of ether oxygens (including phenoxy) is 1. The number of carbonyl (C=O) groups excluding carboxylic acids is 1. The van der Waals surface area contributed by atoms with E-state index in [0.717, 1.165) is 5.75 Å². The van der Waals surface area contributed by atoms with Crippen LogP contribution < -0.4 is 15.6 Å². The fraction of sp³-hybridized carbons (Fsp3) is 0.190. The van der Waals surface area contributed by atoms with Gasteiger partial charge in [0.15, 0.2) is 5.16 Å². The zero-order valence-electron chi connectivity index (χ0n) is 15.9. The summed E-state index contributed by atoms with van der Waals surface area (Å²) in [6, 6.07) is 14.5. The summed E-state index contributed by atoms with van der Waals surface area (Å²) in [6.45, 7) is 5.84. The van der Waals surface area contributed by atoms with Crippen molar-refractivity contribution in [3.05, 3.63) is 75.7 Å². The highest BCUT2D eigenvalue weighted by atomic mass is 32.2. The SMILES string of the molecule is Cc1cc(=O)[nH]c(SCC(=O)Nc2ccc(Oc3ccc(C)c(C)c3)cc2)n1. The second-order valence-corrected chi connectivity index (χ2v) is 7.37. The van der Waals surface area contributed by atoms with Gasteiger partial charge in [-0.2, -0.15) is 0 Å². The lowest BCUT2D eigenvalue weighted by atomic mass is 10.1. The summed E-state index contributed by atoms with van der Waals surface area (Å²) in [7, 11) is 0. The maximum atomic E-state index is 12.1. The summed E-state index contributed by atoms with van der Waals surface area (Å²) in [4.78, 5) is 30.3. The monoisotopic (exact) mass is 395 g/mol. The molecule has 0 saturated heterocycles. The van der Waals surface area contributed by atoms with Crippen molar-refractivity contribution in [2.45, 2.75) is 25.9 Å². The molecule has 3 aromatic rings. The van der Waals surface area contributed by atoms with E-state index >= 15 is 0 Å². The summed E-state index contributed by atoms with van der Waals surface area (Å²) < 4.78 is 5.84. The average molecular weight is 395 g/mol. The lowest BCUT2D eigenvalue weighted by Gasteiger charge is -2.09. The molecule has 0 aliphatic carbocycles. The molecule has 1 aromatic heterocycles. The largest absolute Gasteiger partial charge is 0.457 e.